The molecule has 0 aliphatic heterocycles. The Morgan fingerprint density at radius 3 is 2.42 bits per heavy atom. The minimum absolute atomic E-state index is 0.356. The van der Waals surface area contributed by atoms with Gasteiger partial charge >= 0.3 is 0 Å². The molecule has 0 bridgehead atoms. The van der Waals surface area contributed by atoms with Crippen molar-refractivity contribution in [3.8, 4) is 11.5 Å². The number of nitrogens with zero attached hydrogens (tertiary/aromatic N) is 2. The first-order chi connectivity index (χ1) is 17.1. The maximum Gasteiger partial charge on any atom is 0.260 e. The van der Waals surface area contributed by atoms with E-state index in [2.05, 4.69) is 42.4 Å². The Bertz CT molecular complexity index is 1360. The van der Waals surface area contributed by atoms with E-state index in [0.717, 1.165) is 16.1 Å². The molecular weight excluding hydrogens is 614 g/mol. The van der Waals surface area contributed by atoms with E-state index < -0.39 is 22.5 Å². The second-order valence-electron chi connectivity index (χ2n) is 7.82. The zero-order chi connectivity index (χ0) is 26.3. The Labute approximate surface area is 227 Å². The number of benzene rings is 3. The quantitative estimate of drug-likeness (QED) is 0.248. The van der Waals surface area contributed by atoms with Gasteiger partial charge in [0.25, 0.3) is 5.91 Å². The van der Waals surface area contributed by atoms with Crippen molar-refractivity contribution in [1.82, 2.24) is 5.43 Å². The lowest BCUT2D eigenvalue weighted by molar-refractivity contribution is -0.119. The van der Waals surface area contributed by atoms with Crippen LogP contribution in [-0.2, 0) is 21.4 Å². The molecule has 11 heteroatoms. The van der Waals surface area contributed by atoms with Gasteiger partial charge in [-0.3, -0.25) is 9.10 Å². The Balaban J connectivity index is 1.68. The molecule has 0 aliphatic carbocycles. The fourth-order valence-electron chi connectivity index (χ4n) is 3.17. The number of para-hydroxylation sites is 1. The van der Waals surface area contributed by atoms with Crippen LogP contribution < -0.4 is 19.2 Å². The normalized spacial score (nSPS) is 11.4. The molecule has 0 spiro atoms. The van der Waals surface area contributed by atoms with Crippen molar-refractivity contribution in [2.75, 3.05) is 24.2 Å². The van der Waals surface area contributed by atoms with Crippen molar-refractivity contribution in [1.29, 1.82) is 0 Å². The fourth-order valence-corrected chi connectivity index (χ4v) is 5.23. The predicted octanol–water partition coefficient (Wildman–Crippen LogP) is 5.02. The van der Waals surface area contributed by atoms with Gasteiger partial charge in [0.2, 0.25) is 10.0 Å². The zero-order valence-electron chi connectivity index (χ0n) is 19.9. The maximum absolute atomic E-state index is 12.5. The number of carbonyl (C=O) groups is 1. The van der Waals surface area contributed by atoms with E-state index in [4.69, 9.17) is 9.47 Å². The van der Waals surface area contributed by atoms with Gasteiger partial charge in [0, 0.05) is 4.47 Å². The molecule has 3 aromatic carbocycles. The summed E-state index contributed by atoms with van der Waals surface area (Å²) in [7, 11) is -2.17. The fraction of sp³-hybridized carbons (Fsp3) is 0.200. The average molecular weight is 639 g/mol. The van der Waals surface area contributed by atoms with E-state index >= 15 is 0 Å². The molecule has 1 N–H and O–H groups in total. The van der Waals surface area contributed by atoms with Crippen LogP contribution in [0.1, 0.15) is 16.7 Å². The Kier molecular flexibility index (Phi) is 9.52. The lowest BCUT2D eigenvalue weighted by atomic mass is 10.2. The first kappa shape index (κ1) is 27.7. The minimum atomic E-state index is -3.71. The van der Waals surface area contributed by atoms with Gasteiger partial charge in [-0.2, -0.15) is 5.10 Å². The first-order valence-electron chi connectivity index (χ1n) is 10.7. The highest BCUT2D eigenvalue weighted by Gasteiger charge is 2.22. The number of ether oxygens (including phenoxy) is 2. The standard InChI is InChI=1S/C25H25Br2N3O5S/c1-17-8-10-18(11-9-17)16-35-25-21(27)12-19(13-23(25)34-2)14-28-29-24(31)15-30(36(3,32)33)22-7-5-4-6-20(22)26/h4-14H,15-16H2,1-3H3,(H,29,31)/b28-14+. The van der Waals surface area contributed by atoms with Gasteiger partial charge in [-0.05, 0) is 74.2 Å². The molecule has 0 unspecified atom stereocenters. The number of hydrogen-bond acceptors (Lipinski definition) is 6. The van der Waals surface area contributed by atoms with Gasteiger partial charge in [-0.25, -0.2) is 13.8 Å². The van der Waals surface area contributed by atoms with E-state index in [1.54, 1.807) is 36.4 Å². The number of rotatable bonds is 10. The maximum atomic E-state index is 12.5. The monoisotopic (exact) mass is 637 g/mol. The van der Waals surface area contributed by atoms with Crippen LogP contribution in [-0.4, -0.2) is 40.4 Å². The van der Waals surface area contributed by atoms with Crippen LogP contribution >= 0.6 is 31.9 Å². The molecule has 0 saturated heterocycles. The molecule has 1 amide bonds. The highest BCUT2D eigenvalue weighted by molar-refractivity contribution is 9.11. The molecule has 36 heavy (non-hydrogen) atoms. The van der Waals surface area contributed by atoms with Gasteiger partial charge in [-0.1, -0.05) is 42.0 Å². The van der Waals surface area contributed by atoms with E-state index in [1.807, 2.05) is 31.2 Å². The number of amides is 1. The topological polar surface area (TPSA) is 97.3 Å². The molecule has 0 atom stereocenters. The average Bonchev–Trinajstić information content (AvgIpc) is 2.82. The molecule has 190 valence electrons. The van der Waals surface area contributed by atoms with Crippen LogP contribution in [0.5, 0.6) is 11.5 Å². The lowest BCUT2D eigenvalue weighted by Crippen LogP contribution is -2.39. The molecule has 0 fully saturated rings. The first-order valence-corrected chi connectivity index (χ1v) is 14.1. The minimum Gasteiger partial charge on any atom is -0.493 e. The van der Waals surface area contributed by atoms with Crippen LogP contribution in [0.3, 0.4) is 0 Å². The van der Waals surface area contributed by atoms with Crippen molar-refractivity contribution >= 4 is 59.7 Å². The van der Waals surface area contributed by atoms with Crippen LogP contribution in [0.2, 0.25) is 0 Å². The van der Waals surface area contributed by atoms with E-state index in [0.29, 0.717) is 38.3 Å². The lowest BCUT2D eigenvalue weighted by Gasteiger charge is -2.22. The van der Waals surface area contributed by atoms with Crippen LogP contribution in [0.15, 0.2) is 74.7 Å². The number of sulfonamides is 1. The van der Waals surface area contributed by atoms with Crippen molar-refractivity contribution < 1.29 is 22.7 Å². The number of nitrogens with one attached hydrogen (secondary N) is 1. The Morgan fingerprint density at radius 1 is 1.08 bits per heavy atom. The van der Waals surface area contributed by atoms with Crippen molar-refractivity contribution in [3.05, 3.63) is 86.3 Å². The highest BCUT2D eigenvalue weighted by Crippen LogP contribution is 2.37. The molecule has 0 heterocycles. The summed E-state index contributed by atoms with van der Waals surface area (Å²) in [6.07, 6.45) is 2.47. The van der Waals surface area contributed by atoms with Gasteiger partial charge in [0.05, 0.1) is 29.7 Å². The summed E-state index contributed by atoms with van der Waals surface area (Å²) in [5.41, 5.74) is 5.55. The second-order valence-corrected chi connectivity index (χ2v) is 11.4. The molecular formula is C25H25Br2N3O5S. The predicted molar refractivity (Wildman–Crippen MR) is 148 cm³/mol. The largest absolute Gasteiger partial charge is 0.493 e. The number of hydrazone groups is 1. The molecule has 0 aliphatic rings. The van der Waals surface area contributed by atoms with Crippen LogP contribution in [0, 0.1) is 6.92 Å². The van der Waals surface area contributed by atoms with Crippen molar-refractivity contribution in [3.63, 3.8) is 0 Å². The Hall–Kier alpha value is -2.89. The van der Waals surface area contributed by atoms with Gasteiger partial charge < -0.3 is 9.47 Å². The van der Waals surface area contributed by atoms with Gasteiger partial charge in [-0.15, -0.1) is 0 Å². The number of hydrogen-bond donors (Lipinski definition) is 1. The number of aryl methyl sites for hydroxylation is 1. The van der Waals surface area contributed by atoms with Gasteiger partial charge in [0.1, 0.15) is 13.2 Å². The van der Waals surface area contributed by atoms with Crippen molar-refractivity contribution in [2.24, 2.45) is 5.10 Å². The summed E-state index contributed by atoms with van der Waals surface area (Å²) in [6.45, 7) is 1.96. The van der Waals surface area contributed by atoms with E-state index in [-0.39, 0.29) is 0 Å². The highest BCUT2D eigenvalue weighted by atomic mass is 79.9. The number of halogens is 2. The van der Waals surface area contributed by atoms with Gasteiger partial charge in [0.15, 0.2) is 11.5 Å². The number of methoxy groups -OCH3 is 1. The molecule has 0 saturated carbocycles. The summed E-state index contributed by atoms with van der Waals surface area (Å²) in [6, 6.07) is 18.3. The van der Waals surface area contributed by atoms with E-state index in [9.17, 15) is 13.2 Å². The summed E-state index contributed by atoms with van der Waals surface area (Å²) in [5.74, 6) is 0.425. The van der Waals surface area contributed by atoms with Crippen LogP contribution in [0.25, 0.3) is 0 Å². The Morgan fingerprint density at radius 2 is 1.78 bits per heavy atom. The summed E-state index contributed by atoms with van der Waals surface area (Å²) < 4.78 is 38.2. The second kappa shape index (κ2) is 12.4. The molecule has 8 nitrogen and oxygen atoms in total. The smallest absolute Gasteiger partial charge is 0.260 e. The number of carbonyl (C=O) groups excluding carboxylic acids is 1. The molecule has 0 radical (unpaired) electrons. The molecule has 3 rings (SSSR count). The number of anilines is 1. The zero-order valence-corrected chi connectivity index (χ0v) is 23.9. The summed E-state index contributed by atoms with van der Waals surface area (Å²) >= 11 is 6.82. The SMILES string of the molecule is COc1cc(/C=N/NC(=O)CN(c2ccccc2Br)S(C)(=O)=O)cc(Br)c1OCc1ccc(C)cc1. The summed E-state index contributed by atoms with van der Waals surface area (Å²) in [4.78, 5) is 12.5. The molecule has 3 aromatic rings. The van der Waals surface area contributed by atoms with Crippen molar-refractivity contribution in [2.45, 2.75) is 13.5 Å². The third kappa shape index (κ3) is 7.55. The third-order valence-corrected chi connectivity index (χ3v) is 7.35. The third-order valence-electron chi connectivity index (χ3n) is 4.97. The summed E-state index contributed by atoms with van der Waals surface area (Å²) in [5, 5.41) is 3.97. The van der Waals surface area contributed by atoms with E-state index in [1.165, 1.54) is 18.9 Å². The molecule has 0 aromatic heterocycles. The van der Waals surface area contributed by atoms with Crippen LogP contribution in [0.4, 0.5) is 5.69 Å².